The van der Waals surface area contributed by atoms with Crippen molar-refractivity contribution in [2.24, 2.45) is 4.99 Å². The van der Waals surface area contributed by atoms with Gasteiger partial charge in [0.1, 0.15) is 11.3 Å². The summed E-state index contributed by atoms with van der Waals surface area (Å²) in [5.41, 5.74) is 4.69. The fraction of sp³-hybridized carbons (Fsp3) is 0.0400. The van der Waals surface area contributed by atoms with E-state index in [9.17, 15) is 5.11 Å². The first kappa shape index (κ1) is 18.4. The Morgan fingerprint density at radius 2 is 1.87 bits per heavy atom. The van der Waals surface area contributed by atoms with Crippen LogP contribution in [0.2, 0.25) is 5.02 Å². The number of oxazole rings is 1. The van der Waals surface area contributed by atoms with Crippen molar-refractivity contribution >= 4 is 45.4 Å². The first-order chi connectivity index (χ1) is 14.6. The molecule has 1 heterocycles. The summed E-state index contributed by atoms with van der Waals surface area (Å²) >= 11 is 6.05. The molecule has 0 saturated carbocycles. The summed E-state index contributed by atoms with van der Waals surface area (Å²) in [6.45, 7) is 1.99. The molecule has 0 amide bonds. The molecular formula is C25H17ClN2O2. The van der Waals surface area contributed by atoms with Crippen LogP contribution < -0.4 is 0 Å². The molecule has 146 valence electrons. The highest BCUT2D eigenvalue weighted by Gasteiger charge is 2.11. The molecule has 5 heteroatoms. The quantitative estimate of drug-likeness (QED) is 0.322. The number of hydrogen-bond acceptors (Lipinski definition) is 4. The SMILES string of the molecule is Cc1ccc(-c2nc3cc(Cl)ccc3o2)cc1N=Cc1c(O)ccc2ccccc12. The molecule has 0 saturated heterocycles. The van der Waals surface area contributed by atoms with Crippen molar-refractivity contribution in [2.75, 3.05) is 0 Å². The van der Waals surface area contributed by atoms with Gasteiger partial charge >= 0.3 is 0 Å². The number of aromatic hydroxyl groups is 1. The highest BCUT2D eigenvalue weighted by molar-refractivity contribution is 6.31. The van der Waals surface area contributed by atoms with Crippen LogP contribution in [0.4, 0.5) is 5.69 Å². The van der Waals surface area contributed by atoms with E-state index in [4.69, 9.17) is 16.0 Å². The third kappa shape index (κ3) is 3.31. The average Bonchev–Trinajstić information content (AvgIpc) is 3.17. The fourth-order valence-electron chi connectivity index (χ4n) is 3.46. The van der Waals surface area contributed by atoms with Crippen molar-refractivity contribution in [3.8, 4) is 17.2 Å². The topological polar surface area (TPSA) is 58.6 Å². The van der Waals surface area contributed by atoms with Gasteiger partial charge in [0.2, 0.25) is 5.89 Å². The van der Waals surface area contributed by atoms with Crippen LogP contribution in [0, 0.1) is 6.92 Å². The van der Waals surface area contributed by atoms with Gasteiger partial charge in [0.15, 0.2) is 5.58 Å². The molecule has 5 rings (SSSR count). The van der Waals surface area contributed by atoms with Gasteiger partial charge in [-0.3, -0.25) is 4.99 Å². The summed E-state index contributed by atoms with van der Waals surface area (Å²) in [5.74, 6) is 0.707. The maximum absolute atomic E-state index is 10.4. The van der Waals surface area contributed by atoms with E-state index in [1.807, 2.05) is 61.5 Å². The van der Waals surface area contributed by atoms with Crippen LogP contribution >= 0.6 is 11.6 Å². The third-order valence-electron chi connectivity index (χ3n) is 5.09. The van der Waals surface area contributed by atoms with E-state index in [2.05, 4.69) is 9.98 Å². The molecule has 1 aromatic heterocycles. The Balaban J connectivity index is 1.56. The van der Waals surface area contributed by atoms with E-state index in [0.717, 1.165) is 27.6 Å². The van der Waals surface area contributed by atoms with E-state index in [1.54, 1.807) is 24.4 Å². The Kier molecular flexibility index (Phi) is 4.49. The van der Waals surface area contributed by atoms with Crippen molar-refractivity contribution in [2.45, 2.75) is 6.92 Å². The average molecular weight is 413 g/mol. The third-order valence-corrected chi connectivity index (χ3v) is 5.32. The van der Waals surface area contributed by atoms with Gasteiger partial charge in [0.05, 0.1) is 5.69 Å². The Morgan fingerprint density at radius 3 is 2.77 bits per heavy atom. The molecule has 0 unspecified atom stereocenters. The zero-order valence-corrected chi connectivity index (χ0v) is 16.9. The lowest BCUT2D eigenvalue weighted by Gasteiger charge is -2.06. The summed E-state index contributed by atoms with van der Waals surface area (Å²) in [7, 11) is 0. The summed E-state index contributed by atoms with van der Waals surface area (Å²) < 4.78 is 5.88. The number of aryl methyl sites for hydroxylation is 1. The first-order valence-corrected chi connectivity index (χ1v) is 9.88. The Morgan fingerprint density at radius 1 is 1.00 bits per heavy atom. The fourth-order valence-corrected chi connectivity index (χ4v) is 3.63. The van der Waals surface area contributed by atoms with E-state index < -0.39 is 0 Å². The number of benzene rings is 4. The number of aromatic nitrogens is 1. The van der Waals surface area contributed by atoms with Crippen LogP contribution in [0.1, 0.15) is 11.1 Å². The predicted octanol–water partition coefficient (Wildman–Crippen LogP) is 7.07. The number of rotatable bonds is 3. The van der Waals surface area contributed by atoms with Gasteiger partial charge in [-0.15, -0.1) is 0 Å². The zero-order chi connectivity index (χ0) is 20.7. The second-order valence-electron chi connectivity index (χ2n) is 7.11. The van der Waals surface area contributed by atoms with Crippen LogP contribution in [0.15, 0.2) is 82.2 Å². The van der Waals surface area contributed by atoms with Crippen molar-refractivity contribution in [1.82, 2.24) is 4.98 Å². The molecule has 0 radical (unpaired) electrons. The molecule has 0 fully saturated rings. The molecule has 4 nitrogen and oxygen atoms in total. The maximum Gasteiger partial charge on any atom is 0.227 e. The number of phenols is 1. The summed E-state index contributed by atoms with van der Waals surface area (Å²) in [5, 5.41) is 13.0. The van der Waals surface area contributed by atoms with Gasteiger partial charge < -0.3 is 9.52 Å². The highest BCUT2D eigenvalue weighted by atomic mass is 35.5. The number of fused-ring (bicyclic) bond motifs is 2. The molecule has 0 bridgehead atoms. The summed E-state index contributed by atoms with van der Waals surface area (Å²) in [6.07, 6.45) is 1.70. The Labute approximate surface area is 178 Å². The molecule has 0 atom stereocenters. The lowest BCUT2D eigenvalue weighted by atomic mass is 10.0. The number of phenolic OH excluding ortho intramolecular Hbond substituents is 1. The largest absolute Gasteiger partial charge is 0.507 e. The van der Waals surface area contributed by atoms with Crippen molar-refractivity contribution in [3.05, 3.63) is 88.9 Å². The van der Waals surface area contributed by atoms with Crippen LogP contribution in [-0.4, -0.2) is 16.3 Å². The minimum atomic E-state index is 0.196. The van der Waals surface area contributed by atoms with Crippen LogP contribution in [-0.2, 0) is 0 Å². The van der Waals surface area contributed by atoms with Crippen molar-refractivity contribution in [3.63, 3.8) is 0 Å². The minimum Gasteiger partial charge on any atom is -0.507 e. The lowest BCUT2D eigenvalue weighted by Crippen LogP contribution is -1.87. The smallest absolute Gasteiger partial charge is 0.227 e. The van der Waals surface area contributed by atoms with Gasteiger partial charge in [-0.05, 0) is 59.7 Å². The molecule has 4 aromatic carbocycles. The molecule has 0 aliphatic carbocycles. The second-order valence-corrected chi connectivity index (χ2v) is 7.55. The van der Waals surface area contributed by atoms with Gasteiger partial charge in [-0.25, -0.2) is 4.98 Å². The molecule has 1 N–H and O–H groups in total. The van der Waals surface area contributed by atoms with Crippen LogP contribution in [0.5, 0.6) is 5.75 Å². The second kappa shape index (κ2) is 7.32. The lowest BCUT2D eigenvalue weighted by molar-refractivity contribution is 0.475. The van der Waals surface area contributed by atoms with Gasteiger partial charge in [-0.1, -0.05) is 48.0 Å². The van der Waals surface area contributed by atoms with E-state index in [-0.39, 0.29) is 5.75 Å². The van der Waals surface area contributed by atoms with E-state index >= 15 is 0 Å². The van der Waals surface area contributed by atoms with E-state index in [1.165, 1.54) is 0 Å². The van der Waals surface area contributed by atoms with Crippen LogP contribution in [0.25, 0.3) is 33.3 Å². The summed E-state index contributed by atoms with van der Waals surface area (Å²) in [6, 6.07) is 22.7. The predicted molar refractivity (Wildman–Crippen MR) is 122 cm³/mol. The monoisotopic (exact) mass is 412 g/mol. The molecule has 30 heavy (non-hydrogen) atoms. The molecule has 5 aromatic rings. The van der Waals surface area contributed by atoms with E-state index in [0.29, 0.717) is 27.6 Å². The van der Waals surface area contributed by atoms with Crippen LogP contribution in [0.3, 0.4) is 0 Å². The zero-order valence-electron chi connectivity index (χ0n) is 16.1. The molecule has 0 spiro atoms. The Bertz CT molecular complexity index is 1440. The normalized spacial score (nSPS) is 11.7. The van der Waals surface area contributed by atoms with Gasteiger partial charge in [-0.2, -0.15) is 0 Å². The van der Waals surface area contributed by atoms with Gasteiger partial charge in [0.25, 0.3) is 0 Å². The number of nitrogens with zero attached hydrogens (tertiary/aromatic N) is 2. The number of aliphatic imine (C=N–C) groups is 1. The minimum absolute atomic E-state index is 0.196. The number of hydrogen-bond donors (Lipinski definition) is 1. The molecule has 0 aliphatic rings. The molecule has 0 aliphatic heterocycles. The molecular weight excluding hydrogens is 396 g/mol. The maximum atomic E-state index is 10.4. The van der Waals surface area contributed by atoms with Gasteiger partial charge in [0, 0.05) is 22.4 Å². The first-order valence-electron chi connectivity index (χ1n) is 9.50. The summed E-state index contributed by atoms with van der Waals surface area (Å²) in [4.78, 5) is 9.21. The standard InChI is InChI=1S/C25H17ClN2O2/c1-15-6-7-17(25-28-22-13-18(26)9-11-24(22)30-25)12-21(15)27-14-20-19-5-3-2-4-16(19)8-10-23(20)29/h2-14,29H,1H3. The van der Waals surface area contributed by atoms with Crippen molar-refractivity contribution < 1.29 is 9.52 Å². The highest BCUT2D eigenvalue weighted by Crippen LogP contribution is 2.31. The Hall–Kier alpha value is -3.63. The number of halogens is 1. The van der Waals surface area contributed by atoms with Crippen molar-refractivity contribution in [1.29, 1.82) is 0 Å².